The standard InChI is InChI=1S/C9H8N2OS.C6H14N4O2/c12-8-6-11(9(13)10-8)7-4-2-1-3-5-7;7-4(5(11)12)2-1-3-10-6(8)9/h1-5H,6H2,(H,10,12,13);4H,1-3,7H2,(H,11,12)(H4,8,9,10)/t;4-/m.0/s1. The number of hydrogen-bond acceptors (Lipinski definition) is 5. The van der Waals surface area contributed by atoms with Crippen molar-refractivity contribution in [3.05, 3.63) is 30.3 Å². The van der Waals surface area contributed by atoms with Crippen molar-refractivity contribution in [3.8, 4) is 0 Å². The smallest absolute Gasteiger partial charge is 0.320 e. The van der Waals surface area contributed by atoms with Gasteiger partial charge in [-0.25, -0.2) is 0 Å². The fraction of sp³-hybridized carbons (Fsp3) is 0.333. The minimum Gasteiger partial charge on any atom is -0.480 e. The van der Waals surface area contributed by atoms with E-state index in [1.54, 1.807) is 4.90 Å². The molecular formula is C15H22N6O3S. The van der Waals surface area contributed by atoms with Crippen LogP contribution < -0.4 is 27.4 Å². The molecule has 9 nitrogen and oxygen atoms in total. The highest BCUT2D eigenvalue weighted by atomic mass is 32.1. The molecule has 0 aromatic heterocycles. The molecule has 0 bridgehead atoms. The highest BCUT2D eigenvalue weighted by molar-refractivity contribution is 7.80. The molecule has 8 N–H and O–H groups in total. The maximum absolute atomic E-state index is 11.0. The summed E-state index contributed by atoms with van der Waals surface area (Å²) in [4.78, 5) is 26.7. The minimum absolute atomic E-state index is 0.0129. The summed E-state index contributed by atoms with van der Waals surface area (Å²) in [5.74, 6) is -1.03. The number of benzene rings is 1. The molecule has 0 spiro atoms. The Kier molecular flexibility index (Phi) is 8.30. The molecule has 10 heteroatoms. The Hall–Kier alpha value is -2.72. The number of rotatable bonds is 6. The highest BCUT2D eigenvalue weighted by Crippen LogP contribution is 2.15. The Morgan fingerprint density at radius 1 is 1.36 bits per heavy atom. The van der Waals surface area contributed by atoms with Gasteiger partial charge in [0, 0.05) is 12.2 Å². The van der Waals surface area contributed by atoms with Crippen molar-refractivity contribution in [1.29, 1.82) is 0 Å². The molecule has 0 saturated carbocycles. The summed E-state index contributed by atoms with van der Waals surface area (Å²) in [6, 6.07) is 8.79. The molecular weight excluding hydrogens is 344 g/mol. The molecule has 1 aromatic rings. The molecule has 0 radical (unpaired) electrons. The molecule has 1 saturated heterocycles. The summed E-state index contributed by atoms with van der Waals surface area (Å²) in [5.41, 5.74) is 16.3. The van der Waals surface area contributed by atoms with E-state index >= 15 is 0 Å². The number of nitrogens with two attached hydrogens (primary N) is 3. The van der Waals surface area contributed by atoms with Gasteiger partial charge in [-0.2, -0.15) is 0 Å². The van der Waals surface area contributed by atoms with Crippen molar-refractivity contribution in [2.45, 2.75) is 18.9 Å². The van der Waals surface area contributed by atoms with Crippen molar-refractivity contribution in [3.63, 3.8) is 0 Å². The Morgan fingerprint density at radius 2 is 2.00 bits per heavy atom. The van der Waals surface area contributed by atoms with Crippen molar-refractivity contribution >= 4 is 40.9 Å². The number of anilines is 1. The Bertz CT molecular complexity index is 633. The molecule has 1 heterocycles. The molecule has 1 aromatic carbocycles. The van der Waals surface area contributed by atoms with Crippen LogP contribution in [0.3, 0.4) is 0 Å². The first-order valence-electron chi connectivity index (χ1n) is 7.51. The lowest BCUT2D eigenvalue weighted by Gasteiger charge is -2.14. The molecule has 0 aliphatic carbocycles. The molecule has 1 aliphatic rings. The van der Waals surface area contributed by atoms with Gasteiger partial charge in [-0.1, -0.05) is 18.2 Å². The topological polar surface area (TPSA) is 160 Å². The van der Waals surface area contributed by atoms with Crippen LogP contribution in [0, 0.1) is 0 Å². The Morgan fingerprint density at radius 3 is 2.48 bits per heavy atom. The Balaban J connectivity index is 0.000000252. The summed E-state index contributed by atoms with van der Waals surface area (Å²) in [6.45, 7) is 0.742. The van der Waals surface area contributed by atoms with Crippen molar-refractivity contribution in [2.75, 3.05) is 18.0 Å². The minimum atomic E-state index is -1.00. The normalized spacial score (nSPS) is 14.2. The van der Waals surface area contributed by atoms with E-state index in [1.807, 2.05) is 30.3 Å². The molecule has 1 aliphatic heterocycles. The van der Waals surface area contributed by atoms with Gasteiger partial charge in [0.15, 0.2) is 11.1 Å². The van der Waals surface area contributed by atoms with E-state index in [0.29, 0.717) is 31.0 Å². The zero-order chi connectivity index (χ0) is 18.8. The van der Waals surface area contributed by atoms with Crippen LogP contribution in [0.15, 0.2) is 35.3 Å². The first kappa shape index (κ1) is 20.3. The summed E-state index contributed by atoms with van der Waals surface area (Å²) in [5, 5.41) is 11.4. The van der Waals surface area contributed by atoms with E-state index in [2.05, 4.69) is 10.3 Å². The van der Waals surface area contributed by atoms with E-state index in [1.165, 1.54) is 0 Å². The number of guanidine groups is 1. The van der Waals surface area contributed by atoms with Crippen molar-refractivity contribution < 1.29 is 14.7 Å². The van der Waals surface area contributed by atoms with Crippen LogP contribution in [0.4, 0.5) is 5.69 Å². The molecule has 1 atom stereocenters. The Labute approximate surface area is 150 Å². The van der Waals surface area contributed by atoms with Gasteiger partial charge in [0.05, 0.1) is 0 Å². The number of carbonyl (C=O) groups is 2. The van der Waals surface area contributed by atoms with Gasteiger partial charge in [-0.15, -0.1) is 0 Å². The van der Waals surface area contributed by atoms with Crippen LogP contribution in [0.5, 0.6) is 0 Å². The number of nitrogens with zero attached hydrogens (tertiary/aromatic N) is 2. The summed E-state index contributed by atoms with van der Waals surface area (Å²) < 4.78 is 0. The van der Waals surface area contributed by atoms with Crippen LogP contribution in [-0.4, -0.2) is 47.2 Å². The number of para-hydroxylation sites is 1. The summed E-state index contributed by atoms with van der Waals surface area (Å²) in [6.07, 6.45) is 0.956. The van der Waals surface area contributed by atoms with E-state index in [-0.39, 0.29) is 11.9 Å². The number of aliphatic imine (C=N–C) groups is 1. The zero-order valence-corrected chi connectivity index (χ0v) is 14.4. The van der Waals surface area contributed by atoms with Crippen molar-refractivity contribution in [2.24, 2.45) is 22.2 Å². The number of nitrogens with one attached hydrogen (secondary N) is 1. The van der Waals surface area contributed by atoms with Crippen LogP contribution >= 0.6 is 12.2 Å². The number of aliphatic carboxylic acids is 1. The quantitative estimate of drug-likeness (QED) is 0.192. The lowest BCUT2D eigenvalue weighted by molar-refractivity contribution is -0.138. The van der Waals surface area contributed by atoms with Gasteiger partial charge < -0.3 is 32.5 Å². The van der Waals surface area contributed by atoms with E-state index in [0.717, 1.165) is 5.69 Å². The van der Waals surface area contributed by atoms with Gasteiger partial charge >= 0.3 is 5.97 Å². The second-order valence-corrected chi connectivity index (χ2v) is 5.56. The molecule has 1 amide bonds. The monoisotopic (exact) mass is 366 g/mol. The summed E-state index contributed by atoms with van der Waals surface area (Å²) in [7, 11) is 0. The first-order valence-corrected chi connectivity index (χ1v) is 7.92. The van der Waals surface area contributed by atoms with E-state index < -0.39 is 12.0 Å². The molecule has 0 unspecified atom stereocenters. The average molecular weight is 366 g/mol. The number of carboxylic acid groups (broad SMARTS) is 1. The second-order valence-electron chi connectivity index (χ2n) is 5.17. The number of thiocarbonyl (C=S) groups is 1. The predicted octanol–water partition coefficient (Wildman–Crippen LogP) is -0.640. The van der Waals surface area contributed by atoms with Crippen LogP contribution in [-0.2, 0) is 9.59 Å². The fourth-order valence-corrected chi connectivity index (χ4v) is 2.18. The third-order valence-electron chi connectivity index (χ3n) is 3.15. The van der Waals surface area contributed by atoms with Gasteiger partial charge in [0.25, 0.3) is 0 Å². The lowest BCUT2D eigenvalue weighted by atomic mass is 10.2. The first-order chi connectivity index (χ1) is 11.8. The molecule has 1 fully saturated rings. The van der Waals surface area contributed by atoms with Crippen LogP contribution in [0.2, 0.25) is 0 Å². The maximum atomic E-state index is 11.0. The number of hydrogen-bond donors (Lipinski definition) is 5. The number of amides is 1. The lowest BCUT2D eigenvalue weighted by Crippen LogP contribution is -2.30. The third-order valence-corrected chi connectivity index (χ3v) is 3.47. The number of carbonyl (C=O) groups excluding carboxylic acids is 1. The second kappa shape index (κ2) is 10.2. The van der Waals surface area contributed by atoms with Gasteiger partial charge in [0.1, 0.15) is 12.6 Å². The fourth-order valence-electron chi connectivity index (χ4n) is 1.90. The van der Waals surface area contributed by atoms with Gasteiger partial charge in [-0.3, -0.25) is 14.6 Å². The highest BCUT2D eigenvalue weighted by Gasteiger charge is 2.23. The van der Waals surface area contributed by atoms with Gasteiger partial charge in [0.2, 0.25) is 5.91 Å². The van der Waals surface area contributed by atoms with Gasteiger partial charge in [-0.05, 0) is 37.2 Å². The molecule has 2 rings (SSSR count). The van der Waals surface area contributed by atoms with Crippen LogP contribution in [0.1, 0.15) is 12.8 Å². The maximum Gasteiger partial charge on any atom is 0.320 e. The molecule has 25 heavy (non-hydrogen) atoms. The SMILES string of the molecule is NC(N)=NCCC[C@H](N)C(=O)O.O=C1CN(c2ccccc2)C(=S)N1. The third kappa shape index (κ3) is 7.59. The zero-order valence-electron chi connectivity index (χ0n) is 13.6. The number of carboxylic acids is 1. The largest absolute Gasteiger partial charge is 0.480 e. The summed E-state index contributed by atoms with van der Waals surface area (Å²) >= 11 is 4.99. The van der Waals surface area contributed by atoms with Crippen molar-refractivity contribution in [1.82, 2.24) is 5.32 Å². The van der Waals surface area contributed by atoms with E-state index in [9.17, 15) is 9.59 Å². The predicted molar refractivity (Wildman–Crippen MR) is 100 cm³/mol. The van der Waals surface area contributed by atoms with Crippen LogP contribution in [0.25, 0.3) is 0 Å². The van der Waals surface area contributed by atoms with E-state index in [4.69, 9.17) is 34.5 Å². The average Bonchev–Trinajstić information content (AvgIpc) is 2.91. The molecule has 136 valence electrons.